The third kappa shape index (κ3) is 3.28. The Hall–Kier alpha value is -2.43. The molecule has 0 saturated heterocycles. The van der Waals surface area contributed by atoms with E-state index in [2.05, 4.69) is 28.3 Å². The Labute approximate surface area is 111 Å². The lowest BCUT2D eigenvalue weighted by Gasteiger charge is -2.08. The number of nitrogens with two attached hydrogens (primary N) is 1. The Bertz CT molecular complexity index is 566. The van der Waals surface area contributed by atoms with Crippen molar-refractivity contribution < 1.29 is 4.79 Å². The standard InChI is InChI=1S/C14H16N4O/c1-2-10-4-3-7-16-12(10)9-18-13-6-5-11(8-17-13)14(15)19/h3-8H,2,9H2,1H3,(H2,15,19)(H,17,18). The quantitative estimate of drug-likeness (QED) is 0.854. The van der Waals surface area contributed by atoms with E-state index in [9.17, 15) is 4.79 Å². The number of hydrogen-bond donors (Lipinski definition) is 2. The molecule has 0 bridgehead atoms. The largest absolute Gasteiger partial charge is 0.366 e. The Morgan fingerprint density at radius 2 is 2.16 bits per heavy atom. The summed E-state index contributed by atoms with van der Waals surface area (Å²) >= 11 is 0. The predicted octanol–water partition coefficient (Wildman–Crippen LogP) is 1.75. The van der Waals surface area contributed by atoms with Crippen LogP contribution in [0.5, 0.6) is 0 Å². The van der Waals surface area contributed by atoms with Crippen molar-refractivity contribution in [2.45, 2.75) is 19.9 Å². The summed E-state index contributed by atoms with van der Waals surface area (Å²) in [6.07, 6.45) is 4.18. The van der Waals surface area contributed by atoms with Crippen LogP contribution in [0.15, 0.2) is 36.7 Å². The van der Waals surface area contributed by atoms with Gasteiger partial charge in [-0.15, -0.1) is 0 Å². The van der Waals surface area contributed by atoms with E-state index in [1.54, 1.807) is 18.3 Å². The van der Waals surface area contributed by atoms with Crippen LogP contribution in [0, 0.1) is 0 Å². The molecule has 98 valence electrons. The van der Waals surface area contributed by atoms with Crippen molar-refractivity contribution in [2.75, 3.05) is 5.32 Å². The maximum absolute atomic E-state index is 10.9. The second-order valence-corrected chi connectivity index (χ2v) is 4.11. The van der Waals surface area contributed by atoms with Gasteiger partial charge >= 0.3 is 0 Å². The Morgan fingerprint density at radius 3 is 2.79 bits per heavy atom. The lowest BCUT2D eigenvalue weighted by molar-refractivity contribution is 0.1000. The second-order valence-electron chi connectivity index (χ2n) is 4.11. The number of anilines is 1. The van der Waals surface area contributed by atoms with Gasteiger partial charge in [0.25, 0.3) is 0 Å². The summed E-state index contributed by atoms with van der Waals surface area (Å²) in [4.78, 5) is 19.4. The summed E-state index contributed by atoms with van der Waals surface area (Å²) < 4.78 is 0. The maximum atomic E-state index is 10.9. The molecule has 2 rings (SSSR count). The molecular weight excluding hydrogens is 240 g/mol. The molecule has 1 amide bonds. The number of pyridine rings is 2. The van der Waals surface area contributed by atoms with Crippen LogP contribution in [0.3, 0.4) is 0 Å². The predicted molar refractivity (Wildman–Crippen MR) is 73.7 cm³/mol. The lowest BCUT2D eigenvalue weighted by Crippen LogP contribution is -2.12. The van der Waals surface area contributed by atoms with Gasteiger partial charge in [0.1, 0.15) is 5.82 Å². The first-order chi connectivity index (χ1) is 9.20. The van der Waals surface area contributed by atoms with Crippen molar-refractivity contribution in [3.05, 3.63) is 53.5 Å². The molecule has 0 unspecified atom stereocenters. The fourth-order valence-corrected chi connectivity index (χ4v) is 1.77. The number of carbonyl (C=O) groups is 1. The van der Waals surface area contributed by atoms with Crippen LogP contribution >= 0.6 is 0 Å². The first-order valence-corrected chi connectivity index (χ1v) is 6.13. The van der Waals surface area contributed by atoms with Gasteiger partial charge in [0.05, 0.1) is 17.8 Å². The van der Waals surface area contributed by atoms with Gasteiger partial charge in [-0.2, -0.15) is 0 Å². The smallest absolute Gasteiger partial charge is 0.250 e. The number of nitrogens with zero attached hydrogens (tertiary/aromatic N) is 2. The minimum absolute atomic E-state index is 0.401. The normalized spacial score (nSPS) is 10.2. The SMILES string of the molecule is CCc1cccnc1CNc1ccc(C(N)=O)cn1. The molecule has 0 aromatic carbocycles. The van der Waals surface area contributed by atoms with Crippen molar-refractivity contribution in [3.63, 3.8) is 0 Å². The molecular formula is C14H16N4O. The van der Waals surface area contributed by atoms with Crippen LogP contribution in [0.4, 0.5) is 5.82 Å². The van der Waals surface area contributed by atoms with E-state index in [4.69, 9.17) is 5.73 Å². The zero-order chi connectivity index (χ0) is 13.7. The number of aromatic nitrogens is 2. The van der Waals surface area contributed by atoms with Crippen LogP contribution in [0.25, 0.3) is 0 Å². The number of nitrogens with one attached hydrogen (secondary N) is 1. The van der Waals surface area contributed by atoms with Crippen molar-refractivity contribution in [1.82, 2.24) is 9.97 Å². The van der Waals surface area contributed by atoms with E-state index >= 15 is 0 Å². The highest BCUT2D eigenvalue weighted by molar-refractivity contribution is 5.92. The Morgan fingerprint density at radius 1 is 1.32 bits per heavy atom. The average molecular weight is 256 g/mol. The molecule has 5 heteroatoms. The molecule has 0 aliphatic rings. The number of aryl methyl sites for hydroxylation is 1. The summed E-state index contributed by atoms with van der Waals surface area (Å²) in [5, 5.41) is 3.18. The summed E-state index contributed by atoms with van der Waals surface area (Å²) in [5.74, 6) is 0.217. The van der Waals surface area contributed by atoms with Crippen molar-refractivity contribution in [3.8, 4) is 0 Å². The van der Waals surface area contributed by atoms with E-state index in [0.29, 0.717) is 17.9 Å². The summed E-state index contributed by atoms with van der Waals surface area (Å²) in [5.41, 5.74) is 7.78. The molecule has 0 fully saturated rings. The number of carbonyl (C=O) groups excluding carboxylic acids is 1. The molecule has 19 heavy (non-hydrogen) atoms. The zero-order valence-electron chi connectivity index (χ0n) is 10.8. The molecule has 0 aliphatic heterocycles. The molecule has 5 nitrogen and oxygen atoms in total. The number of amides is 1. The average Bonchev–Trinajstić information content (AvgIpc) is 2.45. The monoisotopic (exact) mass is 256 g/mol. The van der Waals surface area contributed by atoms with Crippen LogP contribution < -0.4 is 11.1 Å². The maximum Gasteiger partial charge on any atom is 0.250 e. The minimum Gasteiger partial charge on any atom is -0.366 e. The van der Waals surface area contributed by atoms with Crippen LogP contribution in [0.1, 0.15) is 28.5 Å². The number of primary amides is 1. The molecule has 2 aromatic heterocycles. The van der Waals surface area contributed by atoms with E-state index in [-0.39, 0.29) is 0 Å². The molecule has 0 radical (unpaired) electrons. The van der Waals surface area contributed by atoms with Gasteiger partial charge in [-0.05, 0) is 30.2 Å². The van der Waals surface area contributed by atoms with Gasteiger partial charge in [-0.3, -0.25) is 9.78 Å². The Balaban J connectivity index is 2.04. The third-order valence-corrected chi connectivity index (χ3v) is 2.85. The minimum atomic E-state index is -0.475. The lowest BCUT2D eigenvalue weighted by atomic mass is 10.1. The topological polar surface area (TPSA) is 80.9 Å². The van der Waals surface area contributed by atoms with Gasteiger partial charge < -0.3 is 11.1 Å². The highest BCUT2D eigenvalue weighted by atomic mass is 16.1. The van der Waals surface area contributed by atoms with E-state index in [1.807, 2.05) is 6.07 Å². The molecule has 0 spiro atoms. The van der Waals surface area contributed by atoms with Crippen molar-refractivity contribution >= 4 is 11.7 Å². The molecule has 0 saturated carbocycles. The van der Waals surface area contributed by atoms with Crippen LogP contribution in [0.2, 0.25) is 0 Å². The summed E-state index contributed by atoms with van der Waals surface area (Å²) in [7, 11) is 0. The molecule has 2 heterocycles. The van der Waals surface area contributed by atoms with E-state index in [1.165, 1.54) is 11.8 Å². The fraction of sp³-hybridized carbons (Fsp3) is 0.214. The fourth-order valence-electron chi connectivity index (χ4n) is 1.77. The van der Waals surface area contributed by atoms with Gasteiger partial charge in [0.2, 0.25) is 5.91 Å². The van der Waals surface area contributed by atoms with Crippen LogP contribution in [-0.2, 0) is 13.0 Å². The molecule has 0 atom stereocenters. The van der Waals surface area contributed by atoms with Gasteiger partial charge in [0.15, 0.2) is 0 Å². The number of rotatable bonds is 5. The zero-order valence-corrected chi connectivity index (χ0v) is 10.8. The number of hydrogen-bond acceptors (Lipinski definition) is 4. The van der Waals surface area contributed by atoms with Gasteiger partial charge in [-0.25, -0.2) is 4.98 Å². The second kappa shape index (κ2) is 5.95. The van der Waals surface area contributed by atoms with Crippen molar-refractivity contribution in [2.24, 2.45) is 5.73 Å². The molecule has 3 N–H and O–H groups in total. The summed E-state index contributed by atoms with van der Waals surface area (Å²) in [6, 6.07) is 7.38. The third-order valence-electron chi connectivity index (χ3n) is 2.85. The molecule has 2 aromatic rings. The van der Waals surface area contributed by atoms with Gasteiger partial charge in [-0.1, -0.05) is 13.0 Å². The highest BCUT2D eigenvalue weighted by Gasteiger charge is 2.03. The van der Waals surface area contributed by atoms with E-state index < -0.39 is 5.91 Å². The van der Waals surface area contributed by atoms with E-state index in [0.717, 1.165) is 12.1 Å². The van der Waals surface area contributed by atoms with Gasteiger partial charge in [0, 0.05) is 12.4 Å². The summed E-state index contributed by atoms with van der Waals surface area (Å²) in [6.45, 7) is 2.70. The van der Waals surface area contributed by atoms with Crippen molar-refractivity contribution in [1.29, 1.82) is 0 Å². The first kappa shape index (κ1) is 13.0. The first-order valence-electron chi connectivity index (χ1n) is 6.13. The van der Waals surface area contributed by atoms with Crippen LogP contribution in [-0.4, -0.2) is 15.9 Å². The Kier molecular flexibility index (Phi) is 4.07. The highest BCUT2D eigenvalue weighted by Crippen LogP contribution is 2.10. The molecule has 0 aliphatic carbocycles.